The number of imidazole rings is 1. The third kappa shape index (κ3) is 2.42. The fourth-order valence-electron chi connectivity index (χ4n) is 1.99. The molecule has 0 bridgehead atoms. The van der Waals surface area contributed by atoms with E-state index in [9.17, 15) is 4.79 Å². The number of carbonyl (C=O) groups excluding carboxylic acids is 1. The van der Waals surface area contributed by atoms with Gasteiger partial charge in [-0.25, -0.2) is 14.8 Å². The molecule has 2 aromatic heterocycles. The first kappa shape index (κ1) is 12.5. The Balaban J connectivity index is 1.97. The van der Waals surface area contributed by atoms with Gasteiger partial charge in [0.2, 0.25) is 5.88 Å². The molecule has 104 valence electrons. The van der Waals surface area contributed by atoms with Crippen molar-refractivity contribution >= 4 is 6.09 Å². The van der Waals surface area contributed by atoms with E-state index in [0.717, 1.165) is 5.69 Å². The van der Waals surface area contributed by atoms with Crippen LogP contribution in [0, 0.1) is 0 Å². The molecule has 3 rings (SSSR count). The van der Waals surface area contributed by atoms with Crippen molar-refractivity contribution in [1.82, 2.24) is 14.5 Å². The largest absolute Gasteiger partial charge is 0.493 e. The van der Waals surface area contributed by atoms with Crippen LogP contribution in [-0.2, 0) is 0 Å². The van der Waals surface area contributed by atoms with Gasteiger partial charge in [0.1, 0.15) is 0 Å². The second kappa shape index (κ2) is 4.84. The highest BCUT2D eigenvalue weighted by Crippen LogP contribution is 2.39. The maximum absolute atomic E-state index is 10.8. The van der Waals surface area contributed by atoms with Crippen LogP contribution in [-0.4, -0.2) is 27.7 Å². The van der Waals surface area contributed by atoms with Gasteiger partial charge < -0.3 is 19.8 Å². The van der Waals surface area contributed by atoms with Crippen molar-refractivity contribution < 1.29 is 14.3 Å². The highest BCUT2D eigenvalue weighted by Gasteiger charge is 2.26. The molecule has 1 aliphatic rings. The topological polar surface area (TPSA) is 92.3 Å². The van der Waals surface area contributed by atoms with E-state index in [1.54, 1.807) is 19.5 Å². The predicted molar refractivity (Wildman–Crippen MR) is 70.1 cm³/mol. The zero-order valence-electron chi connectivity index (χ0n) is 10.9. The summed E-state index contributed by atoms with van der Waals surface area (Å²) in [6, 6.07) is 1.59. The Morgan fingerprint density at radius 1 is 1.45 bits per heavy atom. The molecule has 2 heterocycles. The van der Waals surface area contributed by atoms with Crippen molar-refractivity contribution in [1.29, 1.82) is 0 Å². The molecule has 7 nitrogen and oxygen atoms in total. The van der Waals surface area contributed by atoms with Gasteiger partial charge >= 0.3 is 6.09 Å². The molecule has 0 aromatic carbocycles. The van der Waals surface area contributed by atoms with E-state index in [2.05, 4.69) is 9.97 Å². The fourth-order valence-corrected chi connectivity index (χ4v) is 1.99. The number of rotatable bonds is 4. The molecule has 1 amide bonds. The van der Waals surface area contributed by atoms with Crippen LogP contribution in [0.1, 0.15) is 24.5 Å². The van der Waals surface area contributed by atoms with E-state index in [1.165, 1.54) is 19.0 Å². The number of hydrogen-bond acceptors (Lipinski definition) is 5. The SMILES string of the molecule is COc1cnc(OC(N)=O)cc1-n1cnc(C2CC2)c1. The van der Waals surface area contributed by atoms with Gasteiger partial charge in [-0.1, -0.05) is 0 Å². The highest BCUT2D eigenvalue weighted by atomic mass is 16.6. The maximum Gasteiger partial charge on any atom is 0.411 e. The van der Waals surface area contributed by atoms with Gasteiger partial charge in [-0.2, -0.15) is 0 Å². The van der Waals surface area contributed by atoms with Gasteiger partial charge in [0.15, 0.2) is 5.75 Å². The third-order valence-electron chi connectivity index (χ3n) is 3.12. The van der Waals surface area contributed by atoms with E-state index in [-0.39, 0.29) is 5.88 Å². The predicted octanol–water partition coefficient (Wildman–Crippen LogP) is 1.61. The van der Waals surface area contributed by atoms with E-state index in [4.69, 9.17) is 15.2 Å². The minimum absolute atomic E-state index is 0.120. The first-order valence-electron chi connectivity index (χ1n) is 6.23. The molecule has 0 aliphatic heterocycles. The number of aromatic nitrogens is 3. The van der Waals surface area contributed by atoms with Crippen LogP contribution >= 0.6 is 0 Å². The molecule has 20 heavy (non-hydrogen) atoms. The van der Waals surface area contributed by atoms with Gasteiger partial charge in [0, 0.05) is 18.2 Å². The van der Waals surface area contributed by atoms with Crippen LogP contribution in [0.4, 0.5) is 4.79 Å². The van der Waals surface area contributed by atoms with E-state index in [0.29, 0.717) is 17.4 Å². The zero-order valence-corrected chi connectivity index (χ0v) is 10.9. The van der Waals surface area contributed by atoms with Crippen molar-refractivity contribution in [3.05, 3.63) is 30.5 Å². The fraction of sp³-hybridized carbons (Fsp3) is 0.308. The Hall–Kier alpha value is -2.57. The average Bonchev–Trinajstić information content (AvgIpc) is 3.16. The summed E-state index contributed by atoms with van der Waals surface area (Å²) in [6.45, 7) is 0. The number of nitrogens with two attached hydrogens (primary N) is 1. The lowest BCUT2D eigenvalue weighted by molar-refractivity contribution is 0.209. The molecule has 0 radical (unpaired) electrons. The summed E-state index contributed by atoms with van der Waals surface area (Å²) < 4.78 is 11.9. The quantitative estimate of drug-likeness (QED) is 0.914. The number of primary amides is 1. The summed E-state index contributed by atoms with van der Waals surface area (Å²) >= 11 is 0. The molecule has 0 atom stereocenters. The molecule has 1 fully saturated rings. The first-order valence-corrected chi connectivity index (χ1v) is 6.23. The molecular formula is C13H14N4O3. The number of hydrogen-bond donors (Lipinski definition) is 1. The smallest absolute Gasteiger partial charge is 0.411 e. The van der Waals surface area contributed by atoms with Crippen LogP contribution in [0.2, 0.25) is 0 Å². The van der Waals surface area contributed by atoms with Crippen molar-refractivity contribution in [3.8, 4) is 17.3 Å². The number of methoxy groups -OCH3 is 1. The van der Waals surface area contributed by atoms with Crippen LogP contribution in [0.5, 0.6) is 11.6 Å². The monoisotopic (exact) mass is 274 g/mol. The summed E-state index contributed by atoms with van der Waals surface area (Å²) in [5.41, 5.74) is 6.73. The van der Waals surface area contributed by atoms with Gasteiger partial charge in [0.05, 0.1) is 31.0 Å². The van der Waals surface area contributed by atoms with Crippen molar-refractivity contribution in [2.45, 2.75) is 18.8 Å². The Morgan fingerprint density at radius 2 is 2.25 bits per heavy atom. The minimum Gasteiger partial charge on any atom is -0.493 e. The standard InChI is InChI=1S/C13H14N4O3/c1-19-11-5-15-12(20-13(14)18)4-10(11)17-6-9(16-7-17)8-2-3-8/h4-8H,2-3H2,1H3,(H2,14,18). The van der Waals surface area contributed by atoms with Crippen molar-refractivity contribution in [3.63, 3.8) is 0 Å². The molecule has 2 aromatic rings. The van der Waals surface area contributed by atoms with Gasteiger partial charge in [-0.05, 0) is 12.8 Å². The average molecular weight is 274 g/mol. The summed E-state index contributed by atoms with van der Waals surface area (Å²) in [5, 5.41) is 0. The molecule has 2 N–H and O–H groups in total. The molecule has 1 aliphatic carbocycles. The minimum atomic E-state index is -0.905. The molecule has 0 saturated heterocycles. The zero-order chi connectivity index (χ0) is 14.1. The number of pyridine rings is 1. The van der Waals surface area contributed by atoms with Crippen molar-refractivity contribution in [2.24, 2.45) is 5.73 Å². The van der Waals surface area contributed by atoms with Crippen molar-refractivity contribution in [2.75, 3.05) is 7.11 Å². The Labute approximate surface area is 115 Å². The van der Waals surface area contributed by atoms with Gasteiger partial charge in [-0.15, -0.1) is 0 Å². The van der Waals surface area contributed by atoms with Gasteiger partial charge in [0.25, 0.3) is 0 Å². The number of nitrogens with zero attached hydrogens (tertiary/aromatic N) is 3. The van der Waals surface area contributed by atoms with Crippen LogP contribution < -0.4 is 15.2 Å². The Bertz CT molecular complexity index is 649. The second-order valence-electron chi connectivity index (χ2n) is 4.60. The summed E-state index contributed by atoms with van der Waals surface area (Å²) in [5.74, 6) is 1.24. The normalized spacial score (nSPS) is 14.1. The third-order valence-corrected chi connectivity index (χ3v) is 3.12. The van der Waals surface area contributed by atoms with Crippen LogP contribution in [0.15, 0.2) is 24.8 Å². The summed E-state index contributed by atoms with van der Waals surface area (Å²) in [4.78, 5) is 19.1. The Morgan fingerprint density at radius 3 is 2.90 bits per heavy atom. The van der Waals surface area contributed by atoms with Crippen LogP contribution in [0.3, 0.4) is 0 Å². The van der Waals surface area contributed by atoms with Crippen LogP contribution in [0.25, 0.3) is 5.69 Å². The lowest BCUT2D eigenvalue weighted by Crippen LogP contribution is -2.17. The highest BCUT2D eigenvalue weighted by molar-refractivity contribution is 5.68. The lowest BCUT2D eigenvalue weighted by Gasteiger charge is -2.09. The number of amides is 1. The van der Waals surface area contributed by atoms with E-state index >= 15 is 0 Å². The maximum atomic E-state index is 10.8. The molecule has 1 saturated carbocycles. The molecule has 0 unspecified atom stereocenters. The first-order chi connectivity index (χ1) is 9.67. The summed E-state index contributed by atoms with van der Waals surface area (Å²) in [7, 11) is 1.55. The van der Waals surface area contributed by atoms with E-state index in [1.807, 2.05) is 10.8 Å². The molecular weight excluding hydrogens is 260 g/mol. The number of carbonyl (C=O) groups is 1. The van der Waals surface area contributed by atoms with Gasteiger partial charge in [-0.3, -0.25) is 0 Å². The molecule has 0 spiro atoms. The molecule has 7 heteroatoms. The Kier molecular flexibility index (Phi) is 3.02. The summed E-state index contributed by atoms with van der Waals surface area (Å²) in [6.07, 6.45) is 6.59. The van der Waals surface area contributed by atoms with E-state index < -0.39 is 6.09 Å². The lowest BCUT2D eigenvalue weighted by atomic mass is 10.3. The second-order valence-corrected chi connectivity index (χ2v) is 4.60. The number of ether oxygens (including phenoxy) is 2.